The van der Waals surface area contributed by atoms with Crippen molar-refractivity contribution in [3.8, 4) is 0 Å². The topological polar surface area (TPSA) is 55.4 Å². The predicted octanol–water partition coefficient (Wildman–Crippen LogP) is 3.95. The van der Waals surface area contributed by atoms with Gasteiger partial charge in [-0.05, 0) is 48.5 Å². The number of hydrogen-bond donors (Lipinski definition) is 1. The van der Waals surface area contributed by atoms with Gasteiger partial charge in [-0.3, -0.25) is 4.79 Å². The molecule has 0 saturated heterocycles. The smallest absolute Gasteiger partial charge is 0.332 e. The van der Waals surface area contributed by atoms with Crippen LogP contribution in [0.1, 0.15) is 10.4 Å². The number of benzene rings is 4. The molecule has 0 fully saturated rings. The molecule has 34 heavy (non-hydrogen) atoms. The number of amides is 1. The fourth-order valence-corrected chi connectivity index (χ4v) is 8.60. The lowest BCUT2D eigenvalue weighted by Crippen LogP contribution is -2.48. The number of esters is 1. The molecular formula is C29H27NO3P+. The van der Waals surface area contributed by atoms with Crippen LogP contribution in [0.15, 0.2) is 121 Å². The summed E-state index contributed by atoms with van der Waals surface area (Å²) in [6.07, 6.45) is 0.399. The van der Waals surface area contributed by atoms with Crippen LogP contribution >= 0.6 is 7.26 Å². The molecule has 0 aromatic heterocycles. The van der Waals surface area contributed by atoms with Crippen molar-refractivity contribution in [1.82, 2.24) is 5.32 Å². The maximum absolute atomic E-state index is 13.1. The maximum Gasteiger partial charge on any atom is 0.332 e. The largest absolute Gasteiger partial charge is 0.467 e. The number of carbonyl (C=O) groups is 2. The van der Waals surface area contributed by atoms with Gasteiger partial charge in [0.2, 0.25) is 0 Å². The molecule has 4 aromatic rings. The number of rotatable bonds is 8. The Morgan fingerprint density at radius 1 is 0.676 bits per heavy atom. The molecular weight excluding hydrogens is 441 g/mol. The van der Waals surface area contributed by atoms with Crippen LogP contribution in [0, 0.1) is 0 Å². The van der Waals surface area contributed by atoms with E-state index in [2.05, 4.69) is 41.7 Å². The van der Waals surface area contributed by atoms with E-state index in [1.54, 1.807) is 24.3 Å². The van der Waals surface area contributed by atoms with Gasteiger partial charge in [-0.1, -0.05) is 72.8 Å². The Balaban J connectivity index is 1.86. The van der Waals surface area contributed by atoms with Gasteiger partial charge in [0.15, 0.2) is 6.04 Å². The first kappa shape index (κ1) is 23.4. The van der Waals surface area contributed by atoms with E-state index in [1.165, 1.54) is 7.11 Å². The van der Waals surface area contributed by atoms with Gasteiger partial charge < -0.3 is 10.1 Å². The SMILES string of the molecule is COC(=O)C(C[P+](c1ccccc1)(c1ccccc1)c1ccccc1)NC(=O)c1ccccc1. The molecule has 5 heteroatoms. The van der Waals surface area contributed by atoms with E-state index in [0.717, 1.165) is 15.9 Å². The molecule has 4 rings (SSSR count). The first-order chi connectivity index (χ1) is 16.6. The highest BCUT2D eigenvalue weighted by molar-refractivity contribution is 7.95. The normalized spacial score (nSPS) is 11.9. The third kappa shape index (κ3) is 4.93. The van der Waals surface area contributed by atoms with E-state index in [4.69, 9.17) is 4.74 Å². The van der Waals surface area contributed by atoms with E-state index in [-0.39, 0.29) is 5.91 Å². The Morgan fingerprint density at radius 2 is 1.06 bits per heavy atom. The molecule has 1 unspecified atom stereocenters. The van der Waals surface area contributed by atoms with Crippen molar-refractivity contribution in [2.24, 2.45) is 0 Å². The molecule has 0 radical (unpaired) electrons. The standard InChI is InChI=1S/C29H26NO3P/c1-33-29(32)27(30-28(31)23-14-6-2-7-15-23)22-34(24-16-8-3-9-17-24,25-18-10-4-11-19-25)26-20-12-5-13-21-26/h2-21,27H,22H2,1H3/p+1. The number of nitrogens with one attached hydrogen (secondary N) is 1. The van der Waals surface area contributed by atoms with Crippen LogP contribution in [0.4, 0.5) is 0 Å². The molecule has 1 atom stereocenters. The molecule has 1 N–H and O–H groups in total. The van der Waals surface area contributed by atoms with Gasteiger partial charge in [0.05, 0.1) is 7.11 Å². The number of ether oxygens (including phenoxy) is 1. The maximum atomic E-state index is 13.1. The second kappa shape index (κ2) is 10.9. The Kier molecular flexibility index (Phi) is 7.51. The first-order valence-electron chi connectivity index (χ1n) is 11.1. The summed E-state index contributed by atoms with van der Waals surface area (Å²) in [6.45, 7) is 0. The summed E-state index contributed by atoms with van der Waals surface area (Å²) in [4.78, 5) is 26.1. The Morgan fingerprint density at radius 3 is 1.44 bits per heavy atom. The number of carbonyl (C=O) groups excluding carboxylic acids is 2. The lowest BCUT2D eigenvalue weighted by Gasteiger charge is -2.30. The minimum Gasteiger partial charge on any atom is -0.467 e. The van der Waals surface area contributed by atoms with E-state index in [9.17, 15) is 9.59 Å². The van der Waals surface area contributed by atoms with Crippen LogP contribution in [0.5, 0.6) is 0 Å². The van der Waals surface area contributed by atoms with Crippen molar-refractivity contribution >= 4 is 35.1 Å². The molecule has 4 nitrogen and oxygen atoms in total. The Labute approximate surface area is 200 Å². The molecule has 0 heterocycles. The van der Waals surface area contributed by atoms with Crippen molar-refractivity contribution < 1.29 is 14.3 Å². The highest BCUT2D eigenvalue weighted by Gasteiger charge is 2.49. The van der Waals surface area contributed by atoms with E-state index >= 15 is 0 Å². The lowest BCUT2D eigenvalue weighted by atomic mass is 10.2. The summed E-state index contributed by atoms with van der Waals surface area (Å²) in [7, 11) is -0.981. The van der Waals surface area contributed by atoms with Crippen LogP contribution in [0.25, 0.3) is 0 Å². The van der Waals surface area contributed by atoms with E-state index < -0.39 is 19.3 Å². The van der Waals surface area contributed by atoms with Crippen LogP contribution < -0.4 is 21.2 Å². The van der Waals surface area contributed by atoms with Crippen molar-refractivity contribution in [1.29, 1.82) is 0 Å². The summed E-state index contributed by atoms with van der Waals surface area (Å²) in [5.41, 5.74) is 0.500. The zero-order valence-electron chi connectivity index (χ0n) is 19.0. The summed E-state index contributed by atoms with van der Waals surface area (Å²) in [6, 6.07) is 38.9. The van der Waals surface area contributed by atoms with Gasteiger partial charge in [0, 0.05) is 5.56 Å². The lowest BCUT2D eigenvalue weighted by molar-refractivity contribution is -0.142. The van der Waals surface area contributed by atoms with Gasteiger partial charge in [-0.2, -0.15) is 0 Å². The average Bonchev–Trinajstić information content (AvgIpc) is 2.92. The number of hydrogen-bond acceptors (Lipinski definition) is 3. The molecule has 0 bridgehead atoms. The zero-order valence-corrected chi connectivity index (χ0v) is 19.9. The number of methoxy groups -OCH3 is 1. The molecule has 0 saturated carbocycles. The summed E-state index contributed by atoms with van der Waals surface area (Å²) >= 11 is 0. The average molecular weight is 469 g/mol. The van der Waals surface area contributed by atoms with E-state index in [0.29, 0.717) is 11.7 Å². The molecule has 4 aromatic carbocycles. The van der Waals surface area contributed by atoms with Gasteiger partial charge in [-0.15, -0.1) is 0 Å². The molecule has 0 aliphatic heterocycles. The highest BCUT2D eigenvalue weighted by Crippen LogP contribution is 2.55. The predicted molar refractivity (Wildman–Crippen MR) is 140 cm³/mol. The third-order valence-corrected chi connectivity index (χ3v) is 10.3. The fraction of sp³-hybridized carbons (Fsp3) is 0.103. The third-order valence-electron chi connectivity index (χ3n) is 5.87. The second-order valence-electron chi connectivity index (χ2n) is 7.91. The first-order valence-corrected chi connectivity index (χ1v) is 13.1. The van der Waals surface area contributed by atoms with Crippen molar-refractivity contribution in [2.45, 2.75) is 6.04 Å². The van der Waals surface area contributed by atoms with Crippen LogP contribution in [-0.4, -0.2) is 31.2 Å². The van der Waals surface area contributed by atoms with Crippen molar-refractivity contribution in [3.63, 3.8) is 0 Å². The minimum absolute atomic E-state index is 0.303. The Hall–Kier alpha value is -3.75. The van der Waals surface area contributed by atoms with Crippen LogP contribution in [0.2, 0.25) is 0 Å². The van der Waals surface area contributed by atoms with Gasteiger partial charge >= 0.3 is 5.97 Å². The quantitative estimate of drug-likeness (QED) is 0.315. The van der Waals surface area contributed by atoms with Crippen molar-refractivity contribution in [2.75, 3.05) is 13.3 Å². The molecule has 0 aliphatic rings. The van der Waals surface area contributed by atoms with Crippen molar-refractivity contribution in [3.05, 3.63) is 127 Å². The van der Waals surface area contributed by atoms with Crippen LogP contribution in [0.3, 0.4) is 0 Å². The monoisotopic (exact) mass is 468 g/mol. The molecule has 170 valence electrons. The zero-order chi connectivity index (χ0) is 23.8. The molecule has 0 aliphatic carbocycles. The summed E-state index contributed by atoms with van der Waals surface area (Å²) in [5.74, 6) is -0.764. The van der Waals surface area contributed by atoms with Crippen LogP contribution in [-0.2, 0) is 9.53 Å². The fourth-order valence-electron chi connectivity index (χ4n) is 4.24. The molecule has 1 amide bonds. The van der Waals surface area contributed by atoms with Gasteiger partial charge in [0.1, 0.15) is 29.3 Å². The van der Waals surface area contributed by atoms with E-state index in [1.807, 2.05) is 60.7 Å². The summed E-state index contributed by atoms with van der Waals surface area (Å²) < 4.78 is 5.17. The summed E-state index contributed by atoms with van der Waals surface area (Å²) in [5, 5.41) is 6.37. The minimum atomic E-state index is -2.34. The Bertz CT molecular complexity index is 1120. The highest BCUT2D eigenvalue weighted by atomic mass is 31.2. The molecule has 0 spiro atoms. The van der Waals surface area contributed by atoms with Gasteiger partial charge in [-0.25, -0.2) is 4.79 Å². The van der Waals surface area contributed by atoms with Gasteiger partial charge in [0.25, 0.3) is 5.91 Å². The second-order valence-corrected chi connectivity index (χ2v) is 11.4.